The molecule has 0 spiro atoms. The molecule has 5 atom stereocenters. The van der Waals surface area contributed by atoms with Gasteiger partial charge in [-0.3, -0.25) is 13.4 Å². The van der Waals surface area contributed by atoms with Crippen molar-refractivity contribution >= 4 is 29.4 Å². The van der Waals surface area contributed by atoms with E-state index in [9.17, 15) is 43.2 Å². The summed E-state index contributed by atoms with van der Waals surface area (Å²) in [5.41, 5.74) is 0. The highest BCUT2D eigenvalue weighted by atomic mass is 31.3. The zero-order valence-corrected chi connectivity index (χ0v) is 13.3. The fourth-order valence-electron chi connectivity index (χ4n) is 1.51. The van der Waals surface area contributed by atoms with Gasteiger partial charge in [0.2, 0.25) is 0 Å². The lowest BCUT2D eigenvalue weighted by atomic mass is 10.1. The van der Waals surface area contributed by atoms with Crippen molar-refractivity contribution in [2.45, 2.75) is 31.7 Å². The minimum Gasteiger partial charge on any atom is -0.790 e. The van der Waals surface area contributed by atoms with Gasteiger partial charge in [-0.1, -0.05) is 0 Å². The second kappa shape index (κ2) is 6.76. The standard InChI is InChI=1S/C6H13O13P3/c1-3-2-4(7)5(16-3)6(8)17-21(12,13)19-22(14,15)18-20(9,10)11/h3-5,7H,2H2,1H3,(H,12,13)(H,14,15)(H2,9,10,11)/p-4/t3-,4?,5-/m0/s1. The SMILES string of the molecule is C[C@H]1CC(O)[C@@H](C(=O)OP(=O)([O-])OP(=O)([O-])OP(=O)([O-])[O-])O1. The Morgan fingerprint density at radius 1 is 1.14 bits per heavy atom. The van der Waals surface area contributed by atoms with Gasteiger partial charge >= 0.3 is 13.8 Å². The van der Waals surface area contributed by atoms with Gasteiger partial charge in [0.1, 0.15) is 0 Å². The number of carbonyl (C=O) groups is 1. The largest absolute Gasteiger partial charge is 0.790 e. The molecule has 22 heavy (non-hydrogen) atoms. The molecule has 1 rings (SSSR count). The summed E-state index contributed by atoms with van der Waals surface area (Å²) in [6, 6.07) is 0. The van der Waals surface area contributed by atoms with Gasteiger partial charge in [0, 0.05) is 6.42 Å². The molecule has 0 aromatic carbocycles. The highest BCUT2D eigenvalue weighted by Gasteiger charge is 2.40. The minimum atomic E-state index is -6.14. The lowest BCUT2D eigenvalue weighted by molar-refractivity contribution is -0.339. The molecule has 0 aromatic heterocycles. The Labute approximate surface area is 123 Å². The average molecular weight is 382 g/mol. The van der Waals surface area contributed by atoms with Crippen LogP contribution in [-0.2, 0) is 36.4 Å². The molecular weight excluding hydrogens is 373 g/mol. The third kappa shape index (κ3) is 6.53. The monoisotopic (exact) mass is 382 g/mol. The predicted octanol–water partition coefficient (Wildman–Crippen LogP) is -3.13. The highest BCUT2D eigenvalue weighted by molar-refractivity contribution is 7.65. The summed E-state index contributed by atoms with van der Waals surface area (Å²) in [5.74, 6) is -1.69. The molecule has 1 aliphatic heterocycles. The second-order valence-corrected chi connectivity index (χ2v) is 8.26. The predicted molar refractivity (Wildman–Crippen MR) is 56.0 cm³/mol. The van der Waals surface area contributed by atoms with Crippen LogP contribution in [0.1, 0.15) is 13.3 Å². The third-order valence-corrected chi connectivity index (χ3v) is 5.74. The molecule has 1 heterocycles. The van der Waals surface area contributed by atoms with Crippen molar-refractivity contribution in [2.75, 3.05) is 0 Å². The van der Waals surface area contributed by atoms with Crippen molar-refractivity contribution < 1.29 is 61.1 Å². The number of hydrogen-bond acceptors (Lipinski definition) is 13. The van der Waals surface area contributed by atoms with E-state index in [1.54, 1.807) is 0 Å². The molecule has 1 aliphatic rings. The molecule has 13 nitrogen and oxygen atoms in total. The molecule has 0 radical (unpaired) electrons. The number of aliphatic hydroxyl groups is 1. The zero-order valence-electron chi connectivity index (χ0n) is 10.6. The maximum absolute atomic E-state index is 11.4. The molecule has 0 saturated carbocycles. The molecule has 0 amide bonds. The Kier molecular flexibility index (Phi) is 6.11. The van der Waals surface area contributed by atoms with E-state index in [0.717, 1.165) is 0 Å². The Hall–Kier alpha value is -0.160. The van der Waals surface area contributed by atoms with Crippen LogP contribution < -0.4 is 19.6 Å². The Bertz CT molecular complexity index is 566. The molecular formula is C6H9O13P3-4. The van der Waals surface area contributed by atoms with Gasteiger partial charge in [-0.2, -0.15) is 0 Å². The molecule has 130 valence electrons. The molecule has 1 saturated heterocycles. The molecule has 0 aromatic rings. The molecule has 1 fully saturated rings. The molecule has 3 unspecified atom stereocenters. The van der Waals surface area contributed by atoms with Gasteiger partial charge in [-0.25, -0.2) is 9.11 Å². The first-order chi connectivity index (χ1) is 9.71. The lowest BCUT2D eigenvalue weighted by Crippen LogP contribution is -2.33. The fourth-order valence-corrected chi connectivity index (χ4v) is 4.32. The van der Waals surface area contributed by atoms with Crippen LogP contribution in [0.15, 0.2) is 0 Å². The lowest BCUT2D eigenvalue weighted by Gasteiger charge is -2.37. The Morgan fingerprint density at radius 2 is 1.68 bits per heavy atom. The van der Waals surface area contributed by atoms with E-state index in [-0.39, 0.29) is 6.42 Å². The maximum atomic E-state index is 11.4. The van der Waals surface area contributed by atoms with Crippen molar-refractivity contribution in [2.24, 2.45) is 0 Å². The summed E-state index contributed by atoms with van der Waals surface area (Å²) in [7, 11) is -18.2. The third-order valence-electron chi connectivity index (χ3n) is 2.14. The van der Waals surface area contributed by atoms with Crippen molar-refractivity contribution in [3.05, 3.63) is 0 Å². The van der Waals surface area contributed by atoms with Crippen molar-refractivity contribution in [1.82, 2.24) is 0 Å². The van der Waals surface area contributed by atoms with E-state index in [1.807, 2.05) is 0 Å². The maximum Gasteiger partial charge on any atom is 0.343 e. The van der Waals surface area contributed by atoms with Crippen LogP contribution in [0.3, 0.4) is 0 Å². The van der Waals surface area contributed by atoms with Crippen LogP contribution >= 0.6 is 23.5 Å². The van der Waals surface area contributed by atoms with Crippen molar-refractivity contribution in [3.8, 4) is 0 Å². The van der Waals surface area contributed by atoms with Gasteiger partial charge in [0.25, 0.3) is 7.82 Å². The van der Waals surface area contributed by atoms with Crippen LogP contribution in [-0.4, -0.2) is 29.4 Å². The van der Waals surface area contributed by atoms with Gasteiger partial charge in [0.05, 0.1) is 20.0 Å². The summed E-state index contributed by atoms with van der Waals surface area (Å²) in [6.45, 7) is 1.46. The van der Waals surface area contributed by atoms with Crippen LogP contribution in [0.4, 0.5) is 0 Å². The first-order valence-electron chi connectivity index (χ1n) is 5.34. The van der Waals surface area contributed by atoms with Crippen LogP contribution in [0.25, 0.3) is 0 Å². The van der Waals surface area contributed by atoms with E-state index >= 15 is 0 Å². The Balaban J connectivity index is 2.71. The van der Waals surface area contributed by atoms with Crippen LogP contribution in [0.2, 0.25) is 0 Å². The van der Waals surface area contributed by atoms with Gasteiger partial charge in [-0.15, -0.1) is 0 Å². The van der Waals surface area contributed by atoms with E-state index in [0.29, 0.717) is 0 Å². The van der Waals surface area contributed by atoms with E-state index < -0.39 is 47.7 Å². The number of rotatable bonds is 6. The number of hydrogen-bond donors (Lipinski definition) is 1. The summed E-state index contributed by atoms with van der Waals surface area (Å²) in [4.78, 5) is 53.6. The van der Waals surface area contributed by atoms with E-state index in [1.165, 1.54) is 6.92 Å². The number of carbonyl (C=O) groups excluding carboxylic acids is 1. The van der Waals surface area contributed by atoms with Crippen molar-refractivity contribution in [3.63, 3.8) is 0 Å². The molecule has 0 bridgehead atoms. The highest BCUT2D eigenvalue weighted by Crippen LogP contribution is 2.60. The topological polar surface area (TPSA) is 218 Å². The van der Waals surface area contributed by atoms with Crippen molar-refractivity contribution in [1.29, 1.82) is 0 Å². The molecule has 16 heteroatoms. The van der Waals surface area contributed by atoms with Gasteiger partial charge < -0.3 is 38.5 Å². The number of phosphoric ester groups is 1. The zero-order chi connectivity index (χ0) is 17.3. The quantitative estimate of drug-likeness (QED) is 0.450. The van der Waals surface area contributed by atoms with E-state index in [2.05, 4.69) is 13.1 Å². The van der Waals surface area contributed by atoms with Crippen LogP contribution in [0.5, 0.6) is 0 Å². The number of phosphoric acid groups is 3. The van der Waals surface area contributed by atoms with Gasteiger partial charge in [0.15, 0.2) is 6.10 Å². The normalized spacial score (nSPS) is 31.3. The minimum absolute atomic E-state index is 0.0114. The fraction of sp³-hybridized carbons (Fsp3) is 0.833. The number of aliphatic hydroxyl groups excluding tert-OH is 1. The van der Waals surface area contributed by atoms with Gasteiger partial charge in [-0.05, 0) is 6.92 Å². The molecule has 1 N–H and O–H groups in total. The summed E-state index contributed by atoms with van der Waals surface area (Å²) in [6.07, 6.45) is -3.72. The second-order valence-electron chi connectivity index (χ2n) is 4.09. The summed E-state index contributed by atoms with van der Waals surface area (Å²) >= 11 is 0. The smallest absolute Gasteiger partial charge is 0.343 e. The summed E-state index contributed by atoms with van der Waals surface area (Å²) in [5, 5.41) is 9.39. The molecule has 0 aliphatic carbocycles. The Morgan fingerprint density at radius 3 is 2.09 bits per heavy atom. The van der Waals surface area contributed by atoms with E-state index in [4.69, 9.17) is 4.74 Å². The number of ether oxygens (including phenoxy) is 1. The summed E-state index contributed by atoms with van der Waals surface area (Å²) < 4.78 is 46.7. The first-order valence-corrected chi connectivity index (χ1v) is 9.73. The average Bonchev–Trinajstić information content (AvgIpc) is 2.50. The van der Waals surface area contributed by atoms with Crippen LogP contribution in [0, 0.1) is 0 Å². The first kappa shape index (κ1) is 19.9.